The number of fused-ring (bicyclic) bond motifs is 1. The summed E-state index contributed by atoms with van der Waals surface area (Å²) in [6, 6.07) is 1.42. The molecule has 2 aliphatic heterocycles. The molecule has 0 atom stereocenters. The Morgan fingerprint density at radius 3 is 2.70 bits per heavy atom. The highest BCUT2D eigenvalue weighted by atomic mass is 19.4. The fraction of sp³-hybridized carbons (Fsp3) is 0.583. The second-order valence-electron chi connectivity index (χ2n) is 9.65. The monoisotopic (exact) mass is 521 g/mol. The molecule has 2 fully saturated rings. The Kier molecular flexibility index (Phi) is 7.33. The molecule has 2 N–H and O–H groups in total. The van der Waals surface area contributed by atoms with Crippen LogP contribution in [0.3, 0.4) is 0 Å². The van der Waals surface area contributed by atoms with E-state index in [0.29, 0.717) is 22.9 Å². The van der Waals surface area contributed by atoms with E-state index in [1.807, 2.05) is 0 Å². The van der Waals surface area contributed by atoms with E-state index in [1.165, 1.54) is 30.2 Å². The molecule has 3 aromatic rings. The third-order valence-electron chi connectivity index (χ3n) is 7.09. The molecular formula is C24H30F3N7O3. The third kappa shape index (κ3) is 5.87. The second kappa shape index (κ2) is 10.7. The van der Waals surface area contributed by atoms with Crippen molar-refractivity contribution >= 4 is 11.6 Å². The van der Waals surface area contributed by atoms with Crippen molar-refractivity contribution in [1.82, 2.24) is 35.0 Å². The third-order valence-corrected chi connectivity index (χ3v) is 7.09. The van der Waals surface area contributed by atoms with E-state index in [1.54, 1.807) is 0 Å². The number of piperidine rings is 1. The molecule has 0 saturated carbocycles. The van der Waals surface area contributed by atoms with Crippen LogP contribution in [0.1, 0.15) is 41.7 Å². The van der Waals surface area contributed by atoms with E-state index in [0.717, 1.165) is 58.5 Å². The van der Waals surface area contributed by atoms with Crippen LogP contribution in [0.4, 0.5) is 13.2 Å². The first-order valence-electron chi connectivity index (χ1n) is 12.4. The van der Waals surface area contributed by atoms with Crippen molar-refractivity contribution in [2.45, 2.75) is 44.3 Å². The Labute approximate surface area is 211 Å². The number of H-pyrrole nitrogens is 1. The number of pyridine rings is 1. The number of nitrogens with zero attached hydrogens (tertiary/aromatic N) is 5. The van der Waals surface area contributed by atoms with Crippen molar-refractivity contribution in [3.8, 4) is 17.0 Å². The average Bonchev–Trinajstić information content (AvgIpc) is 3.51. The molecule has 5 rings (SSSR count). The number of hydrogen-bond acceptors (Lipinski definition) is 7. The Bertz CT molecular complexity index is 1230. The number of nitrogens with one attached hydrogen (secondary N) is 2. The fourth-order valence-electron chi connectivity index (χ4n) is 5.15. The van der Waals surface area contributed by atoms with E-state index < -0.39 is 18.5 Å². The number of halogens is 3. The summed E-state index contributed by atoms with van der Waals surface area (Å²) in [5.74, 6) is 0.368. The normalized spacial score (nSPS) is 18.4. The Morgan fingerprint density at radius 2 is 2.00 bits per heavy atom. The van der Waals surface area contributed by atoms with Gasteiger partial charge in [-0.2, -0.15) is 23.4 Å². The summed E-state index contributed by atoms with van der Waals surface area (Å²) in [7, 11) is 1.43. The SMILES string of the molecule is COc1cc(-c2n[nH]c(C(=O)NC3CCN(CC4CCOCC4)CC3)c2CC(F)(F)F)cn2ncnc12. The van der Waals surface area contributed by atoms with Crippen molar-refractivity contribution in [3.05, 3.63) is 29.8 Å². The molecule has 13 heteroatoms. The van der Waals surface area contributed by atoms with Crippen LogP contribution in [0.15, 0.2) is 18.6 Å². The molecule has 0 unspecified atom stereocenters. The molecule has 200 valence electrons. The minimum atomic E-state index is -4.54. The Balaban J connectivity index is 1.31. The molecule has 5 heterocycles. The topological polar surface area (TPSA) is 110 Å². The number of carbonyl (C=O) groups is 1. The highest BCUT2D eigenvalue weighted by molar-refractivity contribution is 5.95. The number of likely N-dealkylation sites (tertiary alicyclic amines) is 1. The van der Waals surface area contributed by atoms with Crippen LogP contribution in [0.5, 0.6) is 5.75 Å². The number of aromatic nitrogens is 5. The van der Waals surface area contributed by atoms with E-state index in [-0.39, 0.29) is 23.0 Å². The minimum absolute atomic E-state index is 0.0180. The van der Waals surface area contributed by atoms with Crippen LogP contribution >= 0.6 is 0 Å². The largest absolute Gasteiger partial charge is 0.493 e. The summed E-state index contributed by atoms with van der Waals surface area (Å²) in [5.41, 5.74) is 0.355. The van der Waals surface area contributed by atoms with E-state index in [2.05, 4.69) is 30.5 Å². The summed E-state index contributed by atoms with van der Waals surface area (Å²) >= 11 is 0. The highest BCUT2D eigenvalue weighted by Crippen LogP contribution is 2.33. The molecule has 2 aliphatic rings. The molecule has 0 spiro atoms. The van der Waals surface area contributed by atoms with Gasteiger partial charge in [0.2, 0.25) is 0 Å². The highest BCUT2D eigenvalue weighted by Gasteiger charge is 2.35. The molecule has 3 aromatic heterocycles. The van der Waals surface area contributed by atoms with Gasteiger partial charge >= 0.3 is 6.18 Å². The van der Waals surface area contributed by atoms with Gasteiger partial charge in [0.1, 0.15) is 12.0 Å². The predicted octanol–water partition coefficient (Wildman–Crippen LogP) is 2.85. The van der Waals surface area contributed by atoms with Gasteiger partial charge < -0.3 is 19.7 Å². The van der Waals surface area contributed by atoms with Gasteiger partial charge in [-0.15, -0.1) is 0 Å². The van der Waals surface area contributed by atoms with Crippen molar-refractivity contribution in [1.29, 1.82) is 0 Å². The molecule has 0 aromatic carbocycles. The number of aromatic amines is 1. The van der Waals surface area contributed by atoms with Crippen molar-refractivity contribution < 1.29 is 27.4 Å². The number of hydrogen-bond donors (Lipinski definition) is 2. The van der Waals surface area contributed by atoms with Gasteiger partial charge in [0.25, 0.3) is 5.91 Å². The quantitative estimate of drug-likeness (QED) is 0.492. The van der Waals surface area contributed by atoms with Crippen LogP contribution in [0.25, 0.3) is 16.9 Å². The fourth-order valence-corrected chi connectivity index (χ4v) is 5.15. The van der Waals surface area contributed by atoms with Gasteiger partial charge in [-0.25, -0.2) is 9.50 Å². The molecule has 37 heavy (non-hydrogen) atoms. The summed E-state index contributed by atoms with van der Waals surface area (Å²) in [4.78, 5) is 19.6. The first kappa shape index (κ1) is 25.5. The Morgan fingerprint density at radius 1 is 1.24 bits per heavy atom. The van der Waals surface area contributed by atoms with Crippen LogP contribution < -0.4 is 10.1 Å². The van der Waals surface area contributed by atoms with Gasteiger partial charge in [0, 0.05) is 56.2 Å². The summed E-state index contributed by atoms with van der Waals surface area (Å²) in [5, 5.41) is 13.6. The smallest absolute Gasteiger partial charge is 0.393 e. The number of ether oxygens (including phenoxy) is 2. The van der Waals surface area contributed by atoms with Gasteiger partial charge in [-0.05, 0) is 37.7 Å². The molecule has 1 amide bonds. The second-order valence-corrected chi connectivity index (χ2v) is 9.65. The number of rotatable bonds is 7. The number of methoxy groups -OCH3 is 1. The molecule has 0 radical (unpaired) electrons. The van der Waals surface area contributed by atoms with Crippen LogP contribution in [-0.2, 0) is 11.2 Å². The van der Waals surface area contributed by atoms with Gasteiger partial charge in [0.05, 0.1) is 19.2 Å². The zero-order valence-electron chi connectivity index (χ0n) is 20.6. The van der Waals surface area contributed by atoms with Crippen molar-refractivity contribution in [2.75, 3.05) is 40.0 Å². The molecule has 2 saturated heterocycles. The summed E-state index contributed by atoms with van der Waals surface area (Å²) in [6.45, 7) is 4.31. The van der Waals surface area contributed by atoms with Crippen LogP contribution in [-0.4, -0.2) is 87.8 Å². The van der Waals surface area contributed by atoms with Crippen molar-refractivity contribution in [3.63, 3.8) is 0 Å². The lowest BCUT2D eigenvalue weighted by molar-refractivity contribution is -0.127. The average molecular weight is 522 g/mol. The summed E-state index contributed by atoms with van der Waals surface area (Å²) < 4.78 is 52.8. The molecule has 10 nitrogen and oxygen atoms in total. The zero-order chi connectivity index (χ0) is 26.0. The van der Waals surface area contributed by atoms with Crippen LogP contribution in [0, 0.1) is 5.92 Å². The standard InChI is InChI=1S/C24H30F3N7O3/c1-36-19-10-16(13-34-22(19)28-14-29-34)20-18(11-24(25,26)27)21(32-31-20)23(35)30-17-2-6-33(7-3-17)12-15-4-8-37-9-5-15/h10,13-15,17H,2-9,11-12H2,1H3,(H,30,35)(H,31,32). The molecular weight excluding hydrogens is 491 g/mol. The molecule has 0 aliphatic carbocycles. The first-order valence-corrected chi connectivity index (χ1v) is 12.4. The summed E-state index contributed by atoms with van der Waals surface area (Å²) in [6.07, 6.45) is 0.600. The maximum absolute atomic E-state index is 13.6. The van der Waals surface area contributed by atoms with Crippen LogP contribution in [0.2, 0.25) is 0 Å². The number of amides is 1. The number of alkyl halides is 3. The van der Waals surface area contributed by atoms with Gasteiger partial charge in [-0.1, -0.05) is 0 Å². The first-order chi connectivity index (χ1) is 17.8. The molecule has 0 bridgehead atoms. The predicted molar refractivity (Wildman–Crippen MR) is 127 cm³/mol. The van der Waals surface area contributed by atoms with E-state index in [9.17, 15) is 18.0 Å². The maximum atomic E-state index is 13.6. The minimum Gasteiger partial charge on any atom is -0.493 e. The van der Waals surface area contributed by atoms with Crippen molar-refractivity contribution in [2.24, 2.45) is 5.92 Å². The maximum Gasteiger partial charge on any atom is 0.393 e. The zero-order valence-corrected chi connectivity index (χ0v) is 20.6. The lowest BCUT2D eigenvalue weighted by Gasteiger charge is -2.35. The lowest BCUT2D eigenvalue weighted by atomic mass is 9.97. The van der Waals surface area contributed by atoms with Gasteiger partial charge in [-0.3, -0.25) is 9.89 Å². The lowest BCUT2D eigenvalue weighted by Crippen LogP contribution is -2.46. The van der Waals surface area contributed by atoms with E-state index >= 15 is 0 Å². The van der Waals surface area contributed by atoms with E-state index in [4.69, 9.17) is 9.47 Å². The van der Waals surface area contributed by atoms with Gasteiger partial charge in [0.15, 0.2) is 11.4 Å². The Hall–Kier alpha value is -3.19. The number of carbonyl (C=O) groups excluding carboxylic acids is 1.